The Hall–Kier alpha value is -2.34. The Morgan fingerprint density at radius 2 is 2.26 bits per heavy atom. The van der Waals surface area contributed by atoms with Gasteiger partial charge in [-0.05, 0) is 43.9 Å². The first-order valence-electron chi connectivity index (χ1n) is 8.94. The summed E-state index contributed by atoms with van der Waals surface area (Å²) < 4.78 is 5.21. The Bertz CT molecular complexity index is 919. The van der Waals surface area contributed by atoms with Crippen LogP contribution >= 0.6 is 11.6 Å². The van der Waals surface area contributed by atoms with Gasteiger partial charge in [-0.3, -0.25) is 0 Å². The van der Waals surface area contributed by atoms with Crippen molar-refractivity contribution in [1.82, 2.24) is 9.97 Å². The van der Waals surface area contributed by atoms with E-state index in [1.165, 1.54) is 0 Å². The third-order valence-corrected chi connectivity index (χ3v) is 5.40. The first kappa shape index (κ1) is 18.0. The molecule has 2 atom stereocenters. The van der Waals surface area contributed by atoms with E-state index in [2.05, 4.69) is 26.7 Å². The first-order chi connectivity index (χ1) is 13.0. The van der Waals surface area contributed by atoms with Gasteiger partial charge in [0.05, 0.1) is 18.6 Å². The standard InChI is InChI=1S/C18H19BClN5O2/c1-10-8-22-18(25-17(10)24-15-4-2-3-11(15)7-21)23-13-5-12-9-27-19(26)16(12)14(20)6-13/h5-6,8,11,15,26H,2-4,9H2,1H3,(H2,22,23,24,25)/t11-,15?/m0/s1. The predicted octanol–water partition coefficient (Wildman–Crippen LogP) is 2.50. The van der Waals surface area contributed by atoms with Crippen molar-refractivity contribution in [2.24, 2.45) is 5.92 Å². The Kier molecular flexibility index (Phi) is 4.91. The molecule has 7 nitrogen and oxygen atoms in total. The third kappa shape index (κ3) is 3.58. The molecule has 0 bridgehead atoms. The molecule has 0 spiro atoms. The maximum absolute atomic E-state index is 9.80. The average Bonchev–Trinajstić information content (AvgIpc) is 3.24. The van der Waals surface area contributed by atoms with E-state index in [-0.39, 0.29) is 12.0 Å². The maximum atomic E-state index is 9.80. The lowest BCUT2D eigenvalue weighted by atomic mass is 9.79. The van der Waals surface area contributed by atoms with Crippen LogP contribution in [-0.2, 0) is 11.3 Å². The highest BCUT2D eigenvalue weighted by Crippen LogP contribution is 2.29. The van der Waals surface area contributed by atoms with E-state index in [0.717, 1.165) is 41.9 Å². The minimum atomic E-state index is -0.979. The Morgan fingerprint density at radius 1 is 1.41 bits per heavy atom. The number of benzene rings is 1. The van der Waals surface area contributed by atoms with E-state index in [1.54, 1.807) is 12.3 Å². The van der Waals surface area contributed by atoms with E-state index in [4.69, 9.17) is 16.3 Å². The second kappa shape index (κ2) is 7.35. The zero-order valence-corrected chi connectivity index (χ0v) is 15.6. The lowest BCUT2D eigenvalue weighted by Gasteiger charge is -2.18. The third-order valence-electron chi connectivity index (χ3n) is 5.09. The van der Waals surface area contributed by atoms with Crippen LogP contribution < -0.4 is 16.1 Å². The zero-order chi connectivity index (χ0) is 19.0. The zero-order valence-electron chi connectivity index (χ0n) is 14.9. The molecule has 1 aromatic heterocycles. The molecule has 27 heavy (non-hydrogen) atoms. The molecule has 2 aliphatic rings. The van der Waals surface area contributed by atoms with Crippen molar-refractivity contribution in [3.8, 4) is 6.07 Å². The molecule has 0 amide bonds. The molecule has 0 saturated heterocycles. The molecule has 2 heterocycles. The second-order valence-corrected chi connectivity index (χ2v) is 7.37. The van der Waals surface area contributed by atoms with Gasteiger partial charge < -0.3 is 20.3 Å². The first-order valence-corrected chi connectivity index (χ1v) is 9.31. The highest BCUT2D eigenvalue weighted by atomic mass is 35.5. The molecule has 1 aliphatic heterocycles. The van der Waals surface area contributed by atoms with Gasteiger partial charge in [0.2, 0.25) is 5.95 Å². The van der Waals surface area contributed by atoms with Crippen LogP contribution in [0.25, 0.3) is 0 Å². The van der Waals surface area contributed by atoms with Gasteiger partial charge in [0.15, 0.2) is 0 Å². The highest BCUT2D eigenvalue weighted by molar-refractivity contribution is 6.65. The fourth-order valence-electron chi connectivity index (χ4n) is 3.64. The van der Waals surface area contributed by atoms with Crippen LogP contribution in [0.5, 0.6) is 0 Å². The fraction of sp³-hybridized carbons (Fsp3) is 0.389. The quantitative estimate of drug-likeness (QED) is 0.697. The largest absolute Gasteiger partial charge is 0.493 e. The number of fused-ring (bicyclic) bond motifs is 1. The van der Waals surface area contributed by atoms with Crippen molar-refractivity contribution in [2.75, 3.05) is 10.6 Å². The minimum Gasteiger partial charge on any atom is -0.423 e. The number of anilines is 3. The van der Waals surface area contributed by atoms with Crippen molar-refractivity contribution in [3.63, 3.8) is 0 Å². The van der Waals surface area contributed by atoms with Gasteiger partial charge >= 0.3 is 7.12 Å². The summed E-state index contributed by atoms with van der Waals surface area (Å²) >= 11 is 6.27. The molecule has 1 fully saturated rings. The van der Waals surface area contributed by atoms with Crippen LogP contribution in [0.4, 0.5) is 17.5 Å². The predicted molar refractivity (Wildman–Crippen MR) is 104 cm³/mol. The molecular formula is C18H19BClN5O2. The topological polar surface area (TPSA) is 103 Å². The Morgan fingerprint density at radius 3 is 3.07 bits per heavy atom. The lowest BCUT2D eigenvalue weighted by Crippen LogP contribution is -2.29. The van der Waals surface area contributed by atoms with Gasteiger partial charge in [0.25, 0.3) is 0 Å². The van der Waals surface area contributed by atoms with Crippen LogP contribution in [0, 0.1) is 24.2 Å². The summed E-state index contributed by atoms with van der Waals surface area (Å²) in [4.78, 5) is 8.91. The number of aryl methyl sites for hydroxylation is 1. The van der Waals surface area contributed by atoms with E-state index in [9.17, 15) is 10.3 Å². The molecular weight excluding hydrogens is 364 g/mol. The summed E-state index contributed by atoms with van der Waals surface area (Å²) in [5.74, 6) is 1.17. The van der Waals surface area contributed by atoms with Crippen molar-refractivity contribution < 1.29 is 9.68 Å². The number of hydrogen-bond donors (Lipinski definition) is 3. The Balaban J connectivity index is 1.55. The van der Waals surface area contributed by atoms with Crippen LogP contribution in [0.15, 0.2) is 18.3 Å². The summed E-state index contributed by atoms with van der Waals surface area (Å²) in [6, 6.07) is 6.08. The average molecular weight is 384 g/mol. The van der Waals surface area contributed by atoms with E-state index in [1.807, 2.05) is 13.0 Å². The molecule has 1 aromatic carbocycles. The normalized spacial score (nSPS) is 21.0. The van der Waals surface area contributed by atoms with E-state index >= 15 is 0 Å². The van der Waals surface area contributed by atoms with Gasteiger partial charge in [0, 0.05) is 34.0 Å². The van der Waals surface area contributed by atoms with Gasteiger partial charge in [-0.15, -0.1) is 0 Å². The van der Waals surface area contributed by atoms with Crippen molar-refractivity contribution in [3.05, 3.63) is 34.5 Å². The van der Waals surface area contributed by atoms with Crippen LogP contribution in [0.2, 0.25) is 5.02 Å². The summed E-state index contributed by atoms with van der Waals surface area (Å²) in [6.45, 7) is 2.25. The Labute approximate surface area is 162 Å². The lowest BCUT2D eigenvalue weighted by molar-refractivity contribution is 0.275. The summed E-state index contributed by atoms with van der Waals surface area (Å²) in [6.07, 6.45) is 4.68. The monoisotopic (exact) mass is 383 g/mol. The summed E-state index contributed by atoms with van der Waals surface area (Å²) in [5, 5.41) is 26.1. The summed E-state index contributed by atoms with van der Waals surface area (Å²) in [5.41, 5.74) is 3.10. The van der Waals surface area contributed by atoms with Crippen molar-refractivity contribution in [1.29, 1.82) is 5.26 Å². The molecule has 1 saturated carbocycles. The van der Waals surface area contributed by atoms with E-state index < -0.39 is 7.12 Å². The number of nitriles is 1. The van der Waals surface area contributed by atoms with Gasteiger partial charge in [-0.2, -0.15) is 10.2 Å². The number of aromatic nitrogens is 2. The van der Waals surface area contributed by atoms with E-state index in [0.29, 0.717) is 23.0 Å². The molecule has 1 unspecified atom stereocenters. The number of nitrogens with one attached hydrogen (secondary N) is 2. The highest BCUT2D eigenvalue weighted by Gasteiger charge is 2.30. The van der Waals surface area contributed by atoms with Crippen LogP contribution in [0.1, 0.15) is 30.4 Å². The maximum Gasteiger partial charge on any atom is 0.493 e. The number of halogens is 1. The van der Waals surface area contributed by atoms with Crippen LogP contribution in [-0.4, -0.2) is 28.2 Å². The van der Waals surface area contributed by atoms with Gasteiger partial charge in [-0.25, -0.2) is 4.98 Å². The molecule has 138 valence electrons. The molecule has 4 rings (SSSR count). The van der Waals surface area contributed by atoms with Crippen molar-refractivity contribution in [2.45, 2.75) is 38.8 Å². The molecule has 1 aliphatic carbocycles. The molecule has 9 heteroatoms. The molecule has 2 aromatic rings. The fourth-order valence-corrected chi connectivity index (χ4v) is 3.97. The van der Waals surface area contributed by atoms with Gasteiger partial charge in [-0.1, -0.05) is 11.6 Å². The van der Waals surface area contributed by atoms with Crippen molar-refractivity contribution >= 4 is 41.6 Å². The number of rotatable bonds is 4. The number of hydrogen-bond acceptors (Lipinski definition) is 7. The SMILES string of the molecule is Cc1cnc(Nc2cc(Cl)c3c(c2)COB3O)nc1NC1CCC[C@H]1C#N. The number of nitrogens with zero attached hydrogens (tertiary/aromatic N) is 3. The van der Waals surface area contributed by atoms with Gasteiger partial charge in [0.1, 0.15) is 5.82 Å². The molecule has 0 radical (unpaired) electrons. The minimum absolute atomic E-state index is 0.0118. The molecule has 3 N–H and O–H groups in total. The summed E-state index contributed by atoms with van der Waals surface area (Å²) in [7, 11) is -0.979. The smallest absolute Gasteiger partial charge is 0.423 e. The second-order valence-electron chi connectivity index (χ2n) is 6.96. The van der Waals surface area contributed by atoms with Crippen LogP contribution in [0.3, 0.4) is 0 Å².